The van der Waals surface area contributed by atoms with E-state index in [1.54, 1.807) is 6.07 Å². The zero-order valence-electron chi connectivity index (χ0n) is 12.8. The molecule has 22 heavy (non-hydrogen) atoms. The highest BCUT2D eigenvalue weighted by Gasteiger charge is 2.13. The highest BCUT2D eigenvalue weighted by molar-refractivity contribution is 8.00. The number of hydrogen-bond acceptors (Lipinski definition) is 5. The molecule has 1 aromatic carbocycles. The monoisotopic (exact) mass is 317 g/mol. The van der Waals surface area contributed by atoms with Crippen LogP contribution in [-0.4, -0.2) is 31.5 Å². The van der Waals surface area contributed by atoms with E-state index in [1.165, 1.54) is 18.0 Å². The van der Waals surface area contributed by atoms with Gasteiger partial charge in [-0.3, -0.25) is 4.79 Å². The summed E-state index contributed by atoms with van der Waals surface area (Å²) in [5.41, 5.74) is 2.53. The van der Waals surface area contributed by atoms with Crippen molar-refractivity contribution in [3.8, 4) is 0 Å². The molecule has 1 aromatic heterocycles. The van der Waals surface area contributed by atoms with Gasteiger partial charge in [-0.25, -0.2) is 5.43 Å². The van der Waals surface area contributed by atoms with E-state index in [1.807, 2.05) is 62.3 Å². The number of benzene rings is 1. The molecule has 0 aliphatic carbocycles. The van der Waals surface area contributed by atoms with Gasteiger partial charge in [0.2, 0.25) is 0 Å². The van der Waals surface area contributed by atoms with E-state index < -0.39 is 0 Å². The molecule has 0 fully saturated rings. The molecular formula is C16H19N3O2S. The summed E-state index contributed by atoms with van der Waals surface area (Å²) in [6, 6.07) is 13.4. The third-order valence-corrected chi connectivity index (χ3v) is 3.96. The van der Waals surface area contributed by atoms with Gasteiger partial charge in [0.1, 0.15) is 5.76 Å². The molecule has 2 aromatic rings. The van der Waals surface area contributed by atoms with Crippen molar-refractivity contribution in [1.29, 1.82) is 0 Å². The van der Waals surface area contributed by atoms with Crippen LogP contribution in [0.3, 0.4) is 0 Å². The van der Waals surface area contributed by atoms with Gasteiger partial charge in [-0.05, 0) is 25.1 Å². The Morgan fingerprint density at radius 1 is 1.27 bits per heavy atom. The van der Waals surface area contributed by atoms with Gasteiger partial charge in [0.15, 0.2) is 5.88 Å². The van der Waals surface area contributed by atoms with Crippen LogP contribution in [0, 0.1) is 0 Å². The Morgan fingerprint density at radius 3 is 2.64 bits per heavy atom. The van der Waals surface area contributed by atoms with Crippen molar-refractivity contribution in [2.45, 2.75) is 17.1 Å². The van der Waals surface area contributed by atoms with E-state index >= 15 is 0 Å². The highest BCUT2D eigenvalue weighted by atomic mass is 32.2. The van der Waals surface area contributed by atoms with Gasteiger partial charge in [0.25, 0.3) is 5.91 Å². The fourth-order valence-electron chi connectivity index (χ4n) is 1.66. The van der Waals surface area contributed by atoms with Crippen molar-refractivity contribution in [2.75, 3.05) is 19.0 Å². The average molecular weight is 317 g/mol. The number of carbonyl (C=O) groups excluding carboxylic acids is 1. The molecule has 0 saturated carbocycles. The first-order valence-corrected chi connectivity index (χ1v) is 7.76. The van der Waals surface area contributed by atoms with E-state index in [0.717, 1.165) is 10.8 Å². The molecule has 1 amide bonds. The van der Waals surface area contributed by atoms with Crippen molar-refractivity contribution >= 4 is 29.8 Å². The molecule has 0 spiro atoms. The van der Waals surface area contributed by atoms with E-state index in [2.05, 4.69) is 10.5 Å². The van der Waals surface area contributed by atoms with Crippen LogP contribution in [0.15, 0.2) is 56.9 Å². The second-order valence-electron chi connectivity index (χ2n) is 4.88. The van der Waals surface area contributed by atoms with Gasteiger partial charge >= 0.3 is 0 Å². The second kappa shape index (κ2) is 7.70. The number of nitrogens with zero attached hydrogens (tertiary/aromatic N) is 2. The smallest absolute Gasteiger partial charge is 0.253 e. The summed E-state index contributed by atoms with van der Waals surface area (Å²) >= 11 is 1.49. The Bertz CT molecular complexity index is 638. The number of anilines is 1. The van der Waals surface area contributed by atoms with Crippen LogP contribution in [0.4, 0.5) is 5.88 Å². The fraction of sp³-hybridized carbons (Fsp3) is 0.250. The SMILES string of the molecule is C[C@@H](Sc1ccccc1)C(=O)N/N=C\c1ccc(N(C)C)o1. The van der Waals surface area contributed by atoms with Gasteiger partial charge in [-0.2, -0.15) is 5.10 Å². The summed E-state index contributed by atoms with van der Waals surface area (Å²) in [4.78, 5) is 14.9. The zero-order chi connectivity index (χ0) is 15.9. The summed E-state index contributed by atoms with van der Waals surface area (Å²) in [7, 11) is 3.79. The Hall–Kier alpha value is -2.21. The van der Waals surface area contributed by atoms with E-state index in [9.17, 15) is 4.79 Å². The van der Waals surface area contributed by atoms with Crippen LogP contribution in [0.5, 0.6) is 0 Å². The number of furan rings is 1. The van der Waals surface area contributed by atoms with Crippen molar-refractivity contribution < 1.29 is 9.21 Å². The molecule has 1 heterocycles. The molecule has 0 radical (unpaired) electrons. The third kappa shape index (κ3) is 4.66. The van der Waals surface area contributed by atoms with Crippen LogP contribution in [0.25, 0.3) is 0 Å². The first-order chi connectivity index (χ1) is 10.6. The molecule has 1 N–H and O–H groups in total. The fourth-order valence-corrected chi connectivity index (χ4v) is 2.54. The Labute approximate surface area is 134 Å². The first-order valence-electron chi connectivity index (χ1n) is 6.88. The molecular weight excluding hydrogens is 298 g/mol. The van der Waals surface area contributed by atoms with Crippen molar-refractivity contribution in [3.05, 3.63) is 48.2 Å². The van der Waals surface area contributed by atoms with Gasteiger partial charge in [-0.15, -0.1) is 11.8 Å². The van der Waals surface area contributed by atoms with Crippen LogP contribution in [0.2, 0.25) is 0 Å². The topological polar surface area (TPSA) is 57.8 Å². The summed E-state index contributed by atoms with van der Waals surface area (Å²) < 4.78 is 5.50. The maximum atomic E-state index is 12.0. The number of hydrazone groups is 1. The summed E-state index contributed by atoms with van der Waals surface area (Å²) in [5.74, 6) is 1.18. The van der Waals surface area contributed by atoms with Gasteiger partial charge in [0.05, 0.1) is 11.5 Å². The zero-order valence-corrected chi connectivity index (χ0v) is 13.6. The Kier molecular flexibility index (Phi) is 5.66. The van der Waals surface area contributed by atoms with Crippen molar-refractivity contribution in [1.82, 2.24) is 5.43 Å². The predicted octanol–water partition coefficient (Wildman–Crippen LogP) is 2.98. The van der Waals surface area contributed by atoms with Gasteiger partial charge in [0, 0.05) is 25.1 Å². The predicted molar refractivity (Wildman–Crippen MR) is 90.5 cm³/mol. The number of hydrogen-bond donors (Lipinski definition) is 1. The maximum absolute atomic E-state index is 12.0. The van der Waals surface area contributed by atoms with Crippen LogP contribution < -0.4 is 10.3 Å². The highest BCUT2D eigenvalue weighted by Crippen LogP contribution is 2.22. The molecule has 6 heteroatoms. The minimum absolute atomic E-state index is 0.149. The molecule has 2 rings (SSSR count). The minimum Gasteiger partial charge on any atom is -0.440 e. The normalized spacial score (nSPS) is 12.3. The summed E-state index contributed by atoms with van der Waals surface area (Å²) in [6.45, 7) is 1.85. The van der Waals surface area contributed by atoms with Crippen molar-refractivity contribution in [3.63, 3.8) is 0 Å². The summed E-state index contributed by atoms with van der Waals surface area (Å²) in [6.07, 6.45) is 1.49. The second-order valence-corrected chi connectivity index (χ2v) is 6.29. The summed E-state index contributed by atoms with van der Waals surface area (Å²) in [5, 5.41) is 3.70. The molecule has 0 saturated heterocycles. The lowest BCUT2D eigenvalue weighted by Crippen LogP contribution is -2.26. The molecule has 5 nitrogen and oxygen atoms in total. The lowest BCUT2D eigenvalue weighted by Gasteiger charge is -2.08. The Balaban J connectivity index is 1.84. The Morgan fingerprint density at radius 2 is 2.00 bits per heavy atom. The van der Waals surface area contributed by atoms with Crippen LogP contribution >= 0.6 is 11.8 Å². The molecule has 0 aliphatic heterocycles. The van der Waals surface area contributed by atoms with E-state index in [0.29, 0.717) is 5.76 Å². The molecule has 0 unspecified atom stereocenters. The molecule has 1 atom stereocenters. The van der Waals surface area contributed by atoms with Crippen LogP contribution in [0.1, 0.15) is 12.7 Å². The molecule has 0 aliphatic rings. The third-order valence-electron chi connectivity index (χ3n) is 2.85. The lowest BCUT2D eigenvalue weighted by atomic mass is 10.4. The first kappa shape index (κ1) is 16.2. The number of carbonyl (C=O) groups is 1. The molecule has 116 valence electrons. The minimum atomic E-state index is -0.228. The van der Waals surface area contributed by atoms with Crippen molar-refractivity contribution in [2.24, 2.45) is 5.10 Å². The lowest BCUT2D eigenvalue weighted by molar-refractivity contribution is -0.120. The quantitative estimate of drug-likeness (QED) is 0.505. The van der Waals surface area contributed by atoms with E-state index in [-0.39, 0.29) is 11.2 Å². The largest absolute Gasteiger partial charge is 0.440 e. The molecule has 0 bridgehead atoms. The van der Waals surface area contributed by atoms with Gasteiger partial charge < -0.3 is 9.32 Å². The number of nitrogens with one attached hydrogen (secondary N) is 1. The maximum Gasteiger partial charge on any atom is 0.253 e. The number of amides is 1. The number of rotatable bonds is 6. The van der Waals surface area contributed by atoms with Gasteiger partial charge in [-0.1, -0.05) is 18.2 Å². The standard InChI is InChI=1S/C16H19N3O2S/c1-12(22-14-7-5-4-6-8-14)16(20)18-17-11-13-9-10-15(21-13)19(2)3/h4-12H,1-3H3,(H,18,20)/b17-11-/t12-/m1/s1. The average Bonchev–Trinajstić information content (AvgIpc) is 2.97. The van der Waals surface area contributed by atoms with Crippen LogP contribution in [-0.2, 0) is 4.79 Å². The van der Waals surface area contributed by atoms with E-state index in [4.69, 9.17) is 4.42 Å². The number of thioether (sulfide) groups is 1.